The highest BCUT2D eigenvalue weighted by atomic mass is 16.2. The van der Waals surface area contributed by atoms with E-state index in [-0.39, 0.29) is 12.5 Å². The predicted molar refractivity (Wildman–Crippen MR) is 79.4 cm³/mol. The highest BCUT2D eigenvalue weighted by Gasteiger charge is 2.23. The van der Waals surface area contributed by atoms with Crippen LogP contribution in [-0.2, 0) is 0 Å². The van der Waals surface area contributed by atoms with Gasteiger partial charge in [0.1, 0.15) is 6.61 Å². The van der Waals surface area contributed by atoms with Crippen molar-refractivity contribution in [1.29, 1.82) is 0 Å². The molecule has 0 radical (unpaired) electrons. The molecule has 3 nitrogen and oxygen atoms in total. The van der Waals surface area contributed by atoms with E-state index in [0.717, 1.165) is 12.1 Å². The molecule has 0 heterocycles. The fourth-order valence-electron chi connectivity index (χ4n) is 2.43. The van der Waals surface area contributed by atoms with Gasteiger partial charge in [0.2, 0.25) is 0 Å². The van der Waals surface area contributed by atoms with E-state index < -0.39 is 0 Å². The first-order valence-electron chi connectivity index (χ1n) is 7.07. The molecule has 1 aliphatic rings. The fourth-order valence-corrected chi connectivity index (χ4v) is 2.43. The van der Waals surface area contributed by atoms with Crippen molar-refractivity contribution in [3.05, 3.63) is 34.9 Å². The van der Waals surface area contributed by atoms with Gasteiger partial charge in [-0.1, -0.05) is 24.3 Å². The van der Waals surface area contributed by atoms with Crippen LogP contribution >= 0.6 is 0 Å². The molecule has 0 bridgehead atoms. The van der Waals surface area contributed by atoms with Crippen LogP contribution in [0.25, 0.3) is 0 Å². The topological polar surface area (TPSA) is 40.5 Å². The lowest BCUT2D eigenvalue weighted by Crippen LogP contribution is -2.34. The Morgan fingerprint density at radius 3 is 2.80 bits per heavy atom. The van der Waals surface area contributed by atoms with Crippen molar-refractivity contribution in [2.75, 3.05) is 20.2 Å². The highest BCUT2D eigenvalue weighted by molar-refractivity contribution is 5.96. The Kier molecular flexibility index (Phi) is 4.81. The van der Waals surface area contributed by atoms with Gasteiger partial charge in [0.05, 0.1) is 5.56 Å². The number of aryl methyl sites for hydroxylation is 1. The van der Waals surface area contributed by atoms with Crippen LogP contribution in [-0.4, -0.2) is 36.1 Å². The Morgan fingerprint density at radius 1 is 1.45 bits per heavy atom. The van der Waals surface area contributed by atoms with Crippen molar-refractivity contribution >= 4 is 5.91 Å². The third-order valence-corrected chi connectivity index (χ3v) is 3.81. The van der Waals surface area contributed by atoms with Crippen LogP contribution in [0.15, 0.2) is 18.2 Å². The molecule has 0 unspecified atom stereocenters. The minimum absolute atomic E-state index is 0.0131. The molecule has 2 rings (SSSR count). The molecule has 1 aromatic carbocycles. The molecule has 0 spiro atoms. The second kappa shape index (κ2) is 6.58. The number of hydrogen-bond acceptors (Lipinski definition) is 2. The van der Waals surface area contributed by atoms with Gasteiger partial charge in [-0.05, 0) is 43.4 Å². The SMILES string of the molecule is Cc1ccc(C(=O)N(C)CC2CCC2)c(C#CCO)c1. The van der Waals surface area contributed by atoms with Gasteiger partial charge in [0.15, 0.2) is 0 Å². The Labute approximate surface area is 120 Å². The van der Waals surface area contributed by atoms with Crippen molar-refractivity contribution in [1.82, 2.24) is 4.90 Å². The molecule has 1 aliphatic carbocycles. The van der Waals surface area contributed by atoms with Crippen LogP contribution in [0.4, 0.5) is 0 Å². The summed E-state index contributed by atoms with van der Waals surface area (Å²) in [5.74, 6) is 6.16. The first kappa shape index (κ1) is 14.6. The molecular formula is C17H21NO2. The normalized spacial score (nSPS) is 14.2. The summed E-state index contributed by atoms with van der Waals surface area (Å²) in [6, 6.07) is 5.65. The number of carbonyl (C=O) groups is 1. The minimum Gasteiger partial charge on any atom is -0.384 e. The summed E-state index contributed by atoms with van der Waals surface area (Å²) in [6.45, 7) is 2.59. The summed E-state index contributed by atoms with van der Waals surface area (Å²) in [5, 5.41) is 8.83. The zero-order chi connectivity index (χ0) is 14.5. The molecule has 0 aliphatic heterocycles. The third-order valence-electron chi connectivity index (χ3n) is 3.81. The van der Waals surface area contributed by atoms with Gasteiger partial charge < -0.3 is 10.0 Å². The standard InChI is InChI=1S/C17H21NO2/c1-13-8-9-16(15(11-13)7-4-10-19)17(20)18(2)12-14-5-3-6-14/h8-9,11,14,19H,3,5-6,10,12H2,1-2H3. The van der Waals surface area contributed by atoms with E-state index in [2.05, 4.69) is 11.8 Å². The van der Waals surface area contributed by atoms with E-state index in [1.54, 1.807) is 4.90 Å². The average molecular weight is 271 g/mol. The second-order valence-electron chi connectivity index (χ2n) is 5.49. The number of aliphatic hydroxyl groups is 1. The van der Waals surface area contributed by atoms with E-state index in [1.807, 2.05) is 32.2 Å². The van der Waals surface area contributed by atoms with Gasteiger partial charge in [0, 0.05) is 19.2 Å². The molecule has 106 valence electrons. The van der Waals surface area contributed by atoms with E-state index in [0.29, 0.717) is 17.0 Å². The van der Waals surface area contributed by atoms with Gasteiger partial charge in [-0.25, -0.2) is 0 Å². The van der Waals surface area contributed by atoms with Crippen LogP contribution in [0.5, 0.6) is 0 Å². The Bertz CT molecular complexity index is 550. The van der Waals surface area contributed by atoms with Crippen molar-refractivity contribution in [3.63, 3.8) is 0 Å². The van der Waals surface area contributed by atoms with Crippen molar-refractivity contribution in [2.45, 2.75) is 26.2 Å². The summed E-state index contributed by atoms with van der Waals surface area (Å²) < 4.78 is 0. The monoisotopic (exact) mass is 271 g/mol. The van der Waals surface area contributed by atoms with Crippen LogP contribution < -0.4 is 0 Å². The lowest BCUT2D eigenvalue weighted by molar-refractivity contribution is 0.0745. The highest BCUT2D eigenvalue weighted by Crippen LogP contribution is 2.27. The van der Waals surface area contributed by atoms with Crippen LogP contribution in [0.2, 0.25) is 0 Å². The third kappa shape index (κ3) is 3.40. The maximum atomic E-state index is 12.5. The number of aliphatic hydroxyl groups excluding tert-OH is 1. The summed E-state index contributed by atoms with van der Waals surface area (Å²) in [5.41, 5.74) is 2.38. The lowest BCUT2D eigenvalue weighted by atomic mass is 9.85. The first-order chi connectivity index (χ1) is 9.61. The molecule has 1 saturated carbocycles. The zero-order valence-corrected chi connectivity index (χ0v) is 12.1. The molecule has 20 heavy (non-hydrogen) atoms. The summed E-state index contributed by atoms with van der Waals surface area (Å²) in [4.78, 5) is 14.3. The summed E-state index contributed by atoms with van der Waals surface area (Å²) >= 11 is 0. The van der Waals surface area contributed by atoms with E-state index >= 15 is 0 Å². The van der Waals surface area contributed by atoms with Gasteiger partial charge in [0.25, 0.3) is 5.91 Å². The Balaban J connectivity index is 2.19. The predicted octanol–water partition coefficient (Wildman–Crippen LogP) is 2.21. The molecule has 1 fully saturated rings. The number of benzene rings is 1. The molecule has 0 atom stereocenters. The summed E-state index contributed by atoms with van der Waals surface area (Å²) in [7, 11) is 1.85. The van der Waals surface area contributed by atoms with Gasteiger partial charge in [-0.3, -0.25) is 4.79 Å². The minimum atomic E-state index is -0.195. The molecule has 0 aromatic heterocycles. The molecular weight excluding hydrogens is 250 g/mol. The Hall–Kier alpha value is -1.79. The molecule has 3 heteroatoms. The maximum Gasteiger partial charge on any atom is 0.254 e. The largest absolute Gasteiger partial charge is 0.384 e. The van der Waals surface area contributed by atoms with E-state index in [1.165, 1.54) is 19.3 Å². The lowest BCUT2D eigenvalue weighted by Gasteiger charge is -2.30. The van der Waals surface area contributed by atoms with Gasteiger partial charge in [-0.15, -0.1) is 0 Å². The maximum absolute atomic E-state index is 12.5. The quantitative estimate of drug-likeness (QED) is 0.856. The molecule has 1 aromatic rings. The average Bonchev–Trinajstić information content (AvgIpc) is 2.39. The molecule has 1 amide bonds. The number of hydrogen-bond donors (Lipinski definition) is 1. The molecule has 1 N–H and O–H groups in total. The van der Waals surface area contributed by atoms with Crippen molar-refractivity contribution in [3.8, 4) is 11.8 Å². The number of nitrogens with zero attached hydrogens (tertiary/aromatic N) is 1. The fraction of sp³-hybridized carbons (Fsp3) is 0.471. The van der Waals surface area contributed by atoms with Crippen molar-refractivity contribution < 1.29 is 9.90 Å². The van der Waals surface area contributed by atoms with E-state index in [9.17, 15) is 4.79 Å². The van der Waals surface area contributed by atoms with Crippen LogP contribution in [0, 0.1) is 24.7 Å². The first-order valence-corrected chi connectivity index (χ1v) is 7.07. The number of amides is 1. The van der Waals surface area contributed by atoms with Crippen LogP contribution in [0.1, 0.15) is 40.7 Å². The second-order valence-corrected chi connectivity index (χ2v) is 5.49. The number of carbonyl (C=O) groups excluding carboxylic acids is 1. The summed E-state index contributed by atoms with van der Waals surface area (Å²) in [6.07, 6.45) is 3.73. The Morgan fingerprint density at radius 2 is 2.20 bits per heavy atom. The van der Waals surface area contributed by atoms with Gasteiger partial charge in [-0.2, -0.15) is 0 Å². The van der Waals surface area contributed by atoms with Crippen molar-refractivity contribution in [2.24, 2.45) is 5.92 Å². The van der Waals surface area contributed by atoms with Crippen LogP contribution in [0.3, 0.4) is 0 Å². The molecule has 0 saturated heterocycles. The zero-order valence-electron chi connectivity index (χ0n) is 12.1. The number of rotatable bonds is 3. The smallest absolute Gasteiger partial charge is 0.254 e. The van der Waals surface area contributed by atoms with Gasteiger partial charge >= 0.3 is 0 Å². The van der Waals surface area contributed by atoms with E-state index in [4.69, 9.17) is 5.11 Å².